The molecule has 1 heterocycles. The monoisotopic (exact) mass is 383 g/mol. The minimum atomic E-state index is -1.02. The molecular weight excluding hydrogens is 362 g/mol. The highest BCUT2D eigenvalue weighted by atomic mass is 32.1. The highest BCUT2D eigenvalue weighted by Crippen LogP contribution is 2.27. The minimum Gasteiger partial charge on any atom is -0.490 e. The van der Waals surface area contributed by atoms with E-state index in [9.17, 15) is 4.79 Å². The van der Waals surface area contributed by atoms with E-state index in [2.05, 4.69) is 24.0 Å². The molecule has 0 bridgehead atoms. The van der Waals surface area contributed by atoms with Crippen molar-refractivity contribution in [2.24, 2.45) is 0 Å². The Morgan fingerprint density at radius 2 is 1.81 bits per heavy atom. The number of aryl methyl sites for hydroxylation is 1. The average Bonchev–Trinajstić information content (AvgIpc) is 3.18. The van der Waals surface area contributed by atoms with Crippen LogP contribution >= 0.6 is 11.3 Å². The highest BCUT2D eigenvalue weighted by Gasteiger charge is 2.10. The number of thiazole rings is 1. The highest BCUT2D eigenvalue weighted by molar-refractivity contribution is 7.13. The number of carboxylic acids is 1. The van der Waals surface area contributed by atoms with Crippen LogP contribution in [0.25, 0.3) is 10.6 Å². The van der Waals surface area contributed by atoms with Crippen LogP contribution in [0.5, 0.6) is 11.5 Å². The molecule has 0 saturated heterocycles. The largest absolute Gasteiger partial charge is 0.490 e. The molecule has 0 aliphatic rings. The lowest BCUT2D eigenvalue weighted by Gasteiger charge is -2.09. The second kappa shape index (κ2) is 9.19. The number of hydrogen-bond acceptors (Lipinski definition) is 5. The predicted molar refractivity (Wildman–Crippen MR) is 106 cm³/mol. The van der Waals surface area contributed by atoms with Gasteiger partial charge in [-0.15, -0.1) is 11.3 Å². The van der Waals surface area contributed by atoms with Crippen LogP contribution in [0.4, 0.5) is 0 Å². The van der Waals surface area contributed by atoms with E-state index in [1.165, 1.54) is 22.3 Å². The first-order valence-electron chi connectivity index (χ1n) is 8.79. The van der Waals surface area contributed by atoms with Gasteiger partial charge >= 0.3 is 5.97 Å². The molecule has 0 aliphatic heterocycles. The van der Waals surface area contributed by atoms with Gasteiger partial charge in [0.05, 0.1) is 0 Å². The molecule has 0 unspecified atom stereocenters. The Kier molecular flexibility index (Phi) is 6.44. The van der Waals surface area contributed by atoms with Crippen LogP contribution in [0.3, 0.4) is 0 Å². The number of benzene rings is 2. The zero-order chi connectivity index (χ0) is 19.1. The summed E-state index contributed by atoms with van der Waals surface area (Å²) in [4.78, 5) is 15.1. The van der Waals surface area contributed by atoms with E-state index < -0.39 is 5.97 Å². The van der Waals surface area contributed by atoms with Crippen LogP contribution in [0, 0.1) is 0 Å². The van der Waals surface area contributed by atoms with Gasteiger partial charge in [-0.3, -0.25) is 0 Å². The predicted octanol–water partition coefficient (Wildman–Crippen LogP) is 4.92. The Morgan fingerprint density at radius 1 is 1.07 bits per heavy atom. The summed E-state index contributed by atoms with van der Waals surface area (Å²) in [7, 11) is 0. The summed E-state index contributed by atoms with van der Waals surface area (Å²) < 4.78 is 11.4. The van der Waals surface area contributed by atoms with Crippen molar-refractivity contribution in [3.8, 4) is 22.1 Å². The first-order valence-corrected chi connectivity index (χ1v) is 9.67. The summed E-state index contributed by atoms with van der Waals surface area (Å²) in [6, 6.07) is 15.6. The van der Waals surface area contributed by atoms with Crippen LogP contribution in [0.15, 0.2) is 53.9 Å². The van der Waals surface area contributed by atoms with Gasteiger partial charge < -0.3 is 14.6 Å². The number of rotatable bonds is 9. The third-order valence-electron chi connectivity index (χ3n) is 3.89. The topological polar surface area (TPSA) is 68.7 Å². The Morgan fingerprint density at radius 3 is 2.48 bits per heavy atom. The number of aromatic carboxylic acids is 1. The molecule has 27 heavy (non-hydrogen) atoms. The van der Waals surface area contributed by atoms with Gasteiger partial charge in [-0.05, 0) is 36.2 Å². The van der Waals surface area contributed by atoms with Crippen molar-refractivity contribution in [3.05, 3.63) is 65.2 Å². The van der Waals surface area contributed by atoms with Gasteiger partial charge in [-0.25, -0.2) is 9.78 Å². The quantitative estimate of drug-likeness (QED) is 0.531. The Bertz CT molecular complexity index is 889. The van der Waals surface area contributed by atoms with Gasteiger partial charge in [0.25, 0.3) is 0 Å². The molecule has 0 amide bonds. The van der Waals surface area contributed by atoms with Crippen molar-refractivity contribution in [1.29, 1.82) is 0 Å². The van der Waals surface area contributed by atoms with Gasteiger partial charge in [0.1, 0.15) is 29.7 Å². The van der Waals surface area contributed by atoms with Crippen LogP contribution < -0.4 is 9.47 Å². The first kappa shape index (κ1) is 18.9. The first-order chi connectivity index (χ1) is 13.2. The lowest BCUT2D eigenvalue weighted by molar-refractivity contribution is 0.0691. The number of carbonyl (C=O) groups is 1. The van der Waals surface area contributed by atoms with E-state index in [1.54, 1.807) is 0 Å². The van der Waals surface area contributed by atoms with Gasteiger partial charge in [0.2, 0.25) is 0 Å². The summed E-state index contributed by atoms with van der Waals surface area (Å²) in [6.45, 7) is 3.02. The summed E-state index contributed by atoms with van der Waals surface area (Å²) in [6.07, 6.45) is 2.21. The van der Waals surface area contributed by atoms with Crippen LogP contribution in [-0.4, -0.2) is 29.3 Å². The molecule has 3 aromatic rings. The molecule has 6 heteroatoms. The standard InChI is InChI=1S/C21H21NO4S/c1-2-4-15-7-9-17(10-8-15)25-11-12-26-18-6-3-5-16(13-18)20-22-19(14-27-20)21(23)24/h3,5-10,13-14H,2,4,11-12H2,1H3,(H,23,24). The fourth-order valence-electron chi connectivity index (χ4n) is 2.58. The Hall–Kier alpha value is -2.86. The maximum atomic E-state index is 11.0. The fraction of sp³-hybridized carbons (Fsp3) is 0.238. The van der Waals surface area contributed by atoms with E-state index in [-0.39, 0.29) is 5.69 Å². The summed E-state index contributed by atoms with van der Waals surface area (Å²) in [5.41, 5.74) is 2.20. The van der Waals surface area contributed by atoms with Crippen LogP contribution in [0.2, 0.25) is 0 Å². The van der Waals surface area contributed by atoms with Crippen molar-refractivity contribution < 1.29 is 19.4 Å². The number of aromatic nitrogens is 1. The summed E-state index contributed by atoms with van der Waals surface area (Å²) in [5.74, 6) is 0.502. The van der Waals surface area contributed by atoms with E-state index in [1.807, 2.05) is 36.4 Å². The molecule has 0 radical (unpaired) electrons. The SMILES string of the molecule is CCCc1ccc(OCCOc2cccc(-c3nc(C(=O)O)cs3)c2)cc1. The van der Waals surface area contributed by atoms with Crippen molar-refractivity contribution in [2.75, 3.05) is 13.2 Å². The minimum absolute atomic E-state index is 0.0553. The second-order valence-corrected chi connectivity index (χ2v) is 6.82. The fourth-order valence-corrected chi connectivity index (χ4v) is 3.37. The molecule has 1 N–H and O–H groups in total. The Labute approximate surface area is 162 Å². The Balaban J connectivity index is 1.51. The van der Waals surface area contributed by atoms with E-state index >= 15 is 0 Å². The molecule has 1 aromatic heterocycles. The molecule has 0 spiro atoms. The zero-order valence-corrected chi connectivity index (χ0v) is 15.9. The molecule has 0 saturated carbocycles. The lowest BCUT2D eigenvalue weighted by Crippen LogP contribution is -2.09. The molecule has 0 fully saturated rings. The zero-order valence-electron chi connectivity index (χ0n) is 15.1. The van der Waals surface area contributed by atoms with Gasteiger partial charge in [0, 0.05) is 10.9 Å². The van der Waals surface area contributed by atoms with E-state index in [4.69, 9.17) is 14.6 Å². The molecule has 3 rings (SSSR count). The molecule has 5 nitrogen and oxygen atoms in total. The lowest BCUT2D eigenvalue weighted by atomic mass is 10.1. The molecule has 0 atom stereocenters. The van der Waals surface area contributed by atoms with Crippen molar-refractivity contribution >= 4 is 17.3 Å². The third kappa shape index (κ3) is 5.31. The summed E-state index contributed by atoms with van der Waals surface area (Å²) in [5, 5.41) is 11.2. The van der Waals surface area contributed by atoms with Gasteiger partial charge in [-0.2, -0.15) is 0 Å². The van der Waals surface area contributed by atoms with Crippen molar-refractivity contribution in [3.63, 3.8) is 0 Å². The van der Waals surface area contributed by atoms with Gasteiger partial charge in [-0.1, -0.05) is 37.6 Å². The maximum Gasteiger partial charge on any atom is 0.355 e. The molecule has 140 valence electrons. The second-order valence-electron chi connectivity index (χ2n) is 5.96. The van der Waals surface area contributed by atoms with Crippen molar-refractivity contribution in [1.82, 2.24) is 4.98 Å². The van der Waals surface area contributed by atoms with Crippen LogP contribution in [-0.2, 0) is 6.42 Å². The maximum absolute atomic E-state index is 11.0. The van der Waals surface area contributed by atoms with Gasteiger partial charge in [0.15, 0.2) is 5.69 Å². The van der Waals surface area contributed by atoms with Crippen LogP contribution in [0.1, 0.15) is 29.4 Å². The van der Waals surface area contributed by atoms with Crippen molar-refractivity contribution in [2.45, 2.75) is 19.8 Å². The van der Waals surface area contributed by atoms with E-state index in [0.29, 0.717) is 24.0 Å². The number of nitrogens with zero attached hydrogens (tertiary/aromatic N) is 1. The normalized spacial score (nSPS) is 10.6. The third-order valence-corrected chi connectivity index (χ3v) is 4.78. The summed E-state index contributed by atoms with van der Waals surface area (Å²) >= 11 is 1.30. The molecule has 2 aromatic carbocycles. The molecular formula is C21H21NO4S. The average molecular weight is 383 g/mol. The number of ether oxygens (including phenoxy) is 2. The van der Waals surface area contributed by atoms with E-state index in [0.717, 1.165) is 24.2 Å². The smallest absolute Gasteiger partial charge is 0.355 e. The number of carboxylic acid groups (broad SMARTS) is 1. The number of hydrogen-bond donors (Lipinski definition) is 1. The molecule has 0 aliphatic carbocycles.